The van der Waals surface area contributed by atoms with E-state index < -0.39 is 22.7 Å². The molecule has 0 bridgehead atoms. The molecule has 0 aliphatic carbocycles. The molecule has 2 aromatic carbocycles. The van der Waals surface area contributed by atoms with Crippen LogP contribution in [0.1, 0.15) is 23.0 Å². The Balaban J connectivity index is 2.15. The summed E-state index contributed by atoms with van der Waals surface area (Å²) < 4.78 is 49.9. The maximum atomic E-state index is 13.2. The Morgan fingerprint density at radius 2 is 1.89 bits per heavy atom. The number of esters is 1. The molecule has 0 atom stereocenters. The zero-order valence-electron chi connectivity index (χ0n) is 14.0. The average Bonchev–Trinajstić information content (AvgIpc) is 3.11. The predicted molar refractivity (Wildman–Crippen MR) is 93.3 cm³/mol. The Morgan fingerprint density at radius 1 is 1.19 bits per heavy atom. The largest absolute Gasteiger partial charge is 0.461 e. The van der Waals surface area contributed by atoms with Gasteiger partial charge in [-0.15, -0.1) is 0 Å². The molecule has 8 heteroatoms. The SMILES string of the molecule is CCOC(=O)c1ncoc1-c1ccccc1-c1ccc(Cl)c(C(F)(F)F)c1. The van der Waals surface area contributed by atoms with Gasteiger partial charge in [0.1, 0.15) is 0 Å². The number of aromatic nitrogens is 1. The van der Waals surface area contributed by atoms with Crippen LogP contribution in [0.5, 0.6) is 0 Å². The van der Waals surface area contributed by atoms with E-state index in [0.29, 0.717) is 11.1 Å². The van der Waals surface area contributed by atoms with Crippen molar-refractivity contribution in [1.82, 2.24) is 4.98 Å². The van der Waals surface area contributed by atoms with Gasteiger partial charge in [0.2, 0.25) is 0 Å². The maximum absolute atomic E-state index is 13.2. The molecule has 140 valence electrons. The number of alkyl halides is 3. The summed E-state index contributed by atoms with van der Waals surface area (Å²) in [5.41, 5.74) is 0.123. The molecule has 1 heterocycles. The lowest BCUT2D eigenvalue weighted by Crippen LogP contribution is -2.07. The Morgan fingerprint density at radius 3 is 2.56 bits per heavy atom. The van der Waals surface area contributed by atoms with E-state index in [4.69, 9.17) is 20.8 Å². The Labute approximate surface area is 157 Å². The minimum absolute atomic E-state index is 0.0469. The van der Waals surface area contributed by atoms with Crippen LogP contribution in [-0.4, -0.2) is 17.6 Å². The van der Waals surface area contributed by atoms with Gasteiger partial charge in [0.25, 0.3) is 0 Å². The summed E-state index contributed by atoms with van der Waals surface area (Å²) in [6.07, 6.45) is -3.51. The highest BCUT2D eigenvalue weighted by Crippen LogP contribution is 2.40. The van der Waals surface area contributed by atoms with Gasteiger partial charge in [-0.3, -0.25) is 0 Å². The van der Waals surface area contributed by atoms with Crippen molar-refractivity contribution in [2.75, 3.05) is 6.61 Å². The molecule has 0 unspecified atom stereocenters. The monoisotopic (exact) mass is 395 g/mol. The molecule has 0 amide bonds. The van der Waals surface area contributed by atoms with Crippen LogP contribution in [0, 0.1) is 0 Å². The first kappa shape index (κ1) is 19.0. The lowest BCUT2D eigenvalue weighted by Gasteiger charge is -2.13. The number of nitrogens with zero attached hydrogens (tertiary/aromatic N) is 1. The first-order chi connectivity index (χ1) is 12.8. The van der Waals surface area contributed by atoms with Crippen molar-refractivity contribution in [3.8, 4) is 22.5 Å². The molecular formula is C19H13ClF3NO3. The normalized spacial score (nSPS) is 11.4. The fourth-order valence-electron chi connectivity index (χ4n) is 2.62. The van der Waals surface area contributed by atoms with Gasteiger partial charge in [0, 0.05) is 5.56 Å². The van der Waals surface area contributed by atoms with Gasteiger partial charge in [-0.25, -0.2) is 9.78 Å². The van der Waals surface area contributed by atoms with E-state index in [1.54, 1.807) is 31.2 Å². The van der Waals surface area contributed by atoms with Crippen molar-refractivity contribution in [1.29, 1.82) is 0 Å². The molecule has 0 fully saturated rings. The molecular weight excluding hydrogens is 383 g/mol. The second-order valence-electron chi connectivity index (χ2n) is 5.49. The van der Waals surface area contributed by atoms with Crippen molar-refractivity contribution in [3.63, 3.8) is 0 Å². The standard InChI is InChI=1S/C19H13ClF3NO3/c1-2-26-18(25)16-17(27-10-24-16)13-6-4-3-5-12(13)11-7-8-15(20)14(9-11)19(21,22)23/h3-10H,2H2,1H3. The van der Waals surface area contributed by atoms with E-state index >= 15 is 0 Å². The van der Waals surface area contributed by atoms with Crippen LogP contribution in [0.3, 0.4) is 0 Å². The highest BCUT2D eigenvalue weighted by Gasteiger charge is 2.33. The Kier molecular flexibility index (Phi) is 5.23. The van der Waals surface area contributed by atoms with Crippen molar-refractivity contribution in [3.05, 3.63) is 65.1 Å². The second-order valence-corrected chi connectivity index (χ2v) is 5.90. The molecule has 27 heavy (non-hydrogen) atoms. The van der Waals surface area contributed by atoms with Crippen LogP contribution in [0.25, 0.3) is 22.5 Å². The van der Waals surface area contributed by atoms with Gasteiger partial charge in [0.15, 0.2) is 17.8 Å². The average molecular weight is 396 g/mol. The summed E-state index contributed by atoms with van der Waals surface area (Å²) in [5, 5.41) is -0.393. The zero-order chi connectivity index (χ0) is 19.6. The van der Waals surface area contributed by atoms with Crippen molar-refractivity contribution < 1.29 is 27.1 Å². The molecule has 0 spiro atoms. The number of ether oxygens (including phenoxy) is 1. The van der Waals surface area contributed by atoms with E-state index in [1.165, 1.54) is 12.1 Å². The summed E-state index contributed by atoms with van der Waals surface area (Å²) in [4.78, 5) is 15.9. The third kappa shape index (κ3) is 3.83. The molecule has 0 N–H and O–H groups in total. The van der Waals surface area contributed by atoms with Gasteiger partial charge < -0.3 is 9.15 Å². The van der Waals surface area contributed by atoms with Crippen LogP contribution < -0.4 is 0 Å². The molecule has 0 aliphatic heterocycles. The molecule has 3 aromatic rings. The van der Waals surface area contributed by atoms with E-state index in [2.05, 4.69) is 4.98 Å². The second kappa shape index (κ2) is 7.44. The van der Waals surface area contributed by atoms with E-state index in [0.717, 1.165) is 12.5 Å². The first-order valence-corrected chi connectivity index (χ1v) is 8.27. The van der Waals surface area contributed by atoms with E-state index in [1.807, 2.05) is 0 Å². The highest BCUT2D eigenvalue weighted by atomic mass is 35.5. The van der Waals surface area contributed by atoms with Crippen LogP contribution in [0.2, 0.25) is 5.02 Å². The number of carbonyl (C=O) groups is 1. The third-order valence-electron chi connectivity index (χ3n) is 3.79. The van der Waals surface area contributed by atoms with E-state index in [9.17, 15) is 18.0 Å². The minimum atomic E-state index is -4.59. The molecule has 0 saturated carbocycles. The van der Waals surface area contributed by atoms with E-state index in [-0.39, 0.29) is 23.6 Å². The van der Waals surface area contributed by atoms with Gasteiger partial charge >= 0.3 is 12.1 Å². The number of halogens is 4. The number of rotatable bonds is 4. The number of hydrogen-bond donors (Lipinski definition) is 0. The van der Waals surface area contributed by atoms with Crippen molar-refractivity contribution in [2.24, 2.45) is 0 Å². The number of carbonyl (C=O) groups excluding carboxylic acids is 1. The fourth-order valence-corrected chi connectivity index (χ4v) is 2.85. The number of oxazole rings is 1. The van der Waals surface area contributed by atoms with Gasteiger partial charge in [-0.05, 0) is 30.2 Å². The third-order valence-corrected chi connectivity index (χ3v) is 4.12. The zero-order valence-corrected chi connectivity index (χ0v) is 14.8. The predicted octanol–water partition coefficient (Wildman–Crippen LogP) is 5.86. The van der Waals surface area contributed by atoms with Crippen molar-refractivity contribution in [2.45, 2.75) is 13.1 Å². The molecule has 0 aliphatic rings. The number of benzene rings is 2. The first-order valence-electron chi connectivity index (χ1n) is 7.90. The lowest BCUT2D eigenvalue weighted by atomic mass is 9.96. The summed E-state index contributed by atoms with van der Waals surface area (Å²) in [7, 11) is 0. The quantitative estimate of drug-likeness (QED) is 0.519. The van der Waals surface area contributed by atoms with Crippen LogP contribution in [0.15, 0.2) is 53.3 Å². The molecule has 1 aromatic heterocycles. The van der Waals surface area contributed by atoms with Gasteiger partial charge in [-0.1, -0.05) is 41.9 Å². The Bertz CT molecular complexity index is 982. The lowest BCUT2D eigenvalue weighted by molar-refractivity contribution is -0.137. The van der Waals surface area contributed by atoms with Crippen LogP contribution >= 0.6 is 11.6 Å². The summed E-state index contributed by atoms with van der Waals surface area (Å²) in [5.74, 6) is -0.560. The van der Waals surface area contributed by atoms with Crippen LogP contribution in [0.4, 0.5) is 13.2 Å². The highest BCUT2D eigenvalue weighted by molar-refractivity contribution is 6.31. The van der Waals surface area contributed by atoms with Gasteiger partial charge in [0.05, 0.1) is 17.2 Å². The molecule has 0 radical (unpaired) electrons. The molecule has 3 rings (SSSR count). The smallest absolute Gasteiger partial charge is 0.417 e. The topological polar surface area (TPSA) is 52.3 Å². The molecule has 0 saturated heterocycles. The summed E-state index contributed by atoms with van der Waals surface area (Å²) in [6.45, 7) is 1.80. The van der Waals surface area contributed by atoms with Crippen molar-refractivity contribution >= 4 is 17.6 Å². The van der Waals surface area contributed by atoms with Crippen LogP contribution in [-0.2, 0) is 10.9 Å². The minimum Gasteiger partial charge on any atom is -0.461 e. The maximum Gasteiger partial charge on any atom is 0.417 e. The van der Waals surface area contributed by atoms with Gasteiger partial charge in [-0.2, -0.15) is 13.2 Å². The summed E-state index contributed by atoms with van der Waals surface area (Å²) >= 11 is 5.70. The Hall–Kier alpha value is -2.80. The number of hydrogen-bond acceptors (Lipinski definition) is 4. The summed E-state index contributed by atoms with van der Waals surface area (Å²) in [6, 6.07) is 10.2. The fraction of sp³-hybridized carbons (Fsp3) is 0.158. The molecule has 4 nitrogen and oxygen atoms in total.